The van der Waals surface area contributed by atoms with E-state index in [1.54, 1.807) is 0 Å². The highest BCUT2D eigenvalue weighted by molar-refractivity contribution is 7.89. The fourth-order valence-electron chi connectivity index (χ4n) is 2.28. The number of pyridine rings is 1. The minimum atomic E-state index is -3.58. The lowest BCUT2D eigenvalue weighted by Crippen LogP contribution is -2.32. The third-order valence-electron chi connectivity index (χ3n) is 3.45. The molecule has 0 spiro atoms. The molecule has 0 saturated carbocycles. The second kappa shape index (κ2) is 6.31. The Morgan fingerprint density at radius 3 is 2.95 bits per heavy atom. The number of nitriles is 1. The van der Waals surface area contributed by atoms with E-state index >= 15 is 0 Å². The molecule has 7 heteroatoms. The molecule has 2 atom stereocenters. The summed E-state index contributed by atoms with van der Waals surface area (Å²) in [7, 11) is -3.58. The van der Waals surface area contributed by atoms with Crippen LogP contribution in [0.3, 0.4) is 0 Å². The van der Waals surface area contributed by atoms with Gasteiger partial charge in [0.15, 0.2) is 0 Å². The molecule has 0 radical (unpaired) electrons. The van der Waals surface area contributed by atoms with E-state index in [0.717, 1.165) is 12.8 Å². The molecule has 1 aliphatic heterocycles. The van der Waals surface area contributed by atoms with E-state index in [9.17, 15) is 8.42 Å². The number of hydrogen-bond acceptors (Lipinski definition) is 5. The predicted octanol–water partition coefficient (Wildman–Crippen LogP) is 1.05. The maximum Gasteiger partial charge on any atom is 0.242 e. The SMILES string of the molecule is CCC1OCCC1CNS(=O)(=O)c1ccc(C#N)nc1. The van der Waals surface area contributed by atoms with Crippen molar-refractivity contribution >= 4 is 10.0 Å². The summed E-state index contributed by atoms with van der Waals surface area (Å²) < 4.78 is 32.3. The molecule has 6 nitrogen and oxygen atoms in total. The van der Waals surface area contributed by atoms with E-state index in [4.69, 9.17) is 10.00 Å². The van der Waals surface area contributed by atoms with Crippen molar-refractivity contribution in [2.45, 2.75) is 30.8 Å². The second-order valence-corrected chi connectivity index (χ2v) is 6.48. The van der Waals surface area contributed by atoms with Crippen LogP contribution in [0, 0.1) is 17.2 Å². The maximum absolute atomic E-state index is 12.1. The lowest BCUT2D eigenvalue weighted by Gasteiger charge is -2.17. The molecule has 1 fully saturated rings. The van der Waals surface area contributed by atoms with Crippen LogP contribution in [0.25, 0.3) is 0 Å². The van der Waals surface area contributed by atoms with Crippen molar-refractivity contribution in [3.63, 3.8) is 0 Å². The Hall–Kier alpha value is -1.49. The normalized spacial score (nSPS) is 22.6. The summed E-state index contributed by atoms with van der Waals surface area (Å²) in [5.41, 5.74) is 0.194. The molecular weight excluding hydrogens is 278 g/mol. The molecule has 0 amide bonds. The lowest BCUT2D eigenvalue weighted by molar-refractivity contribution is 0.0884. The number of rotatable bonds is 5. The topological polar surface area (TPSA) is 92.1 Å². The van der Waals surface area contributed by atoms with Gasteiger partial charge in [-0.1, -0.05) is 6.92 Å². The Bertz CT molecular complexity index is 592. The first-order valence-electron chi connectivity index (χ1n) is 6.54. The van der Waals surface area contributed by atoms with E-state index < -0.39 is 10.0 Å². The smallest absolute Gasteiger partial charge is 0.242 e. The number of nitrogens with zero attached hydrogens (tertiary/aromatic N) is 2. The number of nitrogens with one attached hydrogen (secondary N) is 1. The van der Waals surface area contributed by atoms with Crippen molar-refractivity contribution in [3.8, 4) is 6.07 Å². The van der Waals surface area contributed by atoms with E-state index in [0.29, 0.717) is 13.2 Å². The van der Waals surface area contributed by atoms with Gasteiger partial charge in [0.2, 0.25) is 10.0 Å². The molecule has 1 saturated heterocycles. The van der Waals surface area contributed by atoms with Gasteiger partial charge in [-0.15, -0.1) is 0 Å². The quantitative estimate of drug-likeness (QED) is 0.876. The summed E-state index contributed by atoms with van der Waals surface area (Å²) >= 11 is 0. The van der Waals surface area contributed by atoms with E-state index in [1.807, 2.05) is 13.0 Å². The Morgan fingerprint density at radius 2 is 2.35 bits per heavy atom. The minimum Gasteiger partial charge on any atom is -0.378 e. The van der Waals surface area contributed by atoms with Gasteiger partial charge in [-0.05, 0) is 25.0 Å². The lowest BCUT2D eigenvalue weighted by atomic mass is 10.0. The summed E-state index contributed by atoms with van der Waals surface area (Å²) in [5, 5.41) is 8.64. The molecule has 2 unspecified atom stereocenters. The molecule has 0 aromatic carbocycles. The summed E-state index contributed by atoms with van der Waals surface area (Å²) in [6.45, 7) is 3.08. The fourth-order valence-corrected chi connectivity index (χ4v) is 3.32. The summed E-state index contributed by atoms with van der Waals surface area (Å²) in [4.78, 5) is 3.84. The number of hydrogen-bond donors (Lipinski definition) is 1. The third kappa shape index (κ3) is 3.33. The van der Waals surface area contributed by atoms with Crippen LogP contribution >= 0.6 is 0 Å². The van der Waals surface area contributed by atoms with Gasteiger partial charge < -0.3 is 4.74 Å². The molecule has 2 rings (SSSR count). The standard InChI is InChI=1S/C13H17N3O3S/c1-2-13-10(5-6-19-13)8-16-20(17,18)12-4-3-11(7-14)15-9-12/h3-4,9-10,13,16H,2,5-6,8H2,1H3. The van der Waals surface area contributed by atoms with E-state index in [1.165, 1.54) is 18.3 Å². The Labute approximate surface area is 118 Å². The van der Waals surface area contributed by atoms with Crippen molar-refractivity contribution in [2.75, 3.05) is 13.2 Å². The van der Waals surface area contributed by atoms with Crippen molar-refractivity contribution in [2.24, 2.45) is 5.92 Å². The highest BCUT2D eigenvalue weighted by atomic mass is 32.2. The molecule has 0 aliphatic carbocycles. The molecule has 20 heavy (non-hydrogen) atoms. The average Bonchev–Trinajstić information content (AvgIpc) is 2.93. The van der Waals surface area contributed by atoms with Gasteiger partial charge in [0.05, 0.1) is 6.10 Å². The second-order valence-electron chi connectivity index (χ2n) is 4.71. The van der Waals surface area contributed by atoms with Gasteiger partial charge in [0.25, 0.3) is 0 Å². The molecular formula is C13H17N3O3S. The number of ether oxygens (including phenoxy) is 1. The van der Waals surface area contributed by atoms with Crippen LogP contribution in [-0.2, 0) is 14.8 Å². The minimum absolute atomic E-state index is 0.0727. The molecule has 1 aromatic rings. The molecule has 0 bridgehead atoms. The van der Waals surface area contributed by atoms with Crippen LogP contribution in [0.5, 0.6) is 0 Å². The van der Waals surface area contributed by atoms with E-state index in [2.05, 4.69) is 9.71 Å². The van der Waals surface area contributed by atoms with Crippen LogP contribution in [0.1, 0.15) is 25.5 Å². The van der Waals surface area contributed by atoms with Crippen LogP contribution < -0.4 is 4.72 Å². The maximum atomic E-state index is 12.1. The van der Waals surface area contributed by atoms with Gasteiger partial charge in [0, 0.05) is 25.3 Å². The van der Waals surface area contributed by atoms with E-state index in [-0.39, 0.29) is 22.6 Å². The molecule has 108 valence electrons. The first kappa shape index (κ1) is 14.9. The number of aromatic nitrogens is 1. The Morgan fingerprint density at radius 1 is 1.55 bits per heavy atom. The van der Waals surface area contributed by atoms with Crippen LogP contribution in [-0.4, -0.2) is 32.7 Å². The van der Waals surface area contributed by atoms with Crippen LogP contribution in [0.2, 0.25) is 0 Å². The van der Waals surface area contributed by atoms with Gasteiger partial charge in [-0.2, -0.15) is 5.26 Å². The Balaban J connectivity index is 2.02. The zero-order valence-corrected chi connectivity index (χ0v) is 12.1. The van der Waals surface area contributed by atoms with Crippen molar-refractivity contribution < 1.29 is 13.2 Å². The third-order valence-corrected chi connectivity index (χ3v) is 4.85. The van der Waals surface area contributed by atoms with Gasteiger partial charge >= 0.3 is 0 Å². The first-order chi connectivity index (χ1) is 9.56. The summed E-state index contributed by atoms with van der Waals surface area (Å²) in [6.07, 6.45) is 3.07. The fraction of sp³-hybridized carbons (Fsp3) is 0.538. The van der Waals surface area contributed by atoms with Gasteiger partial charge in [-0.25, -0.2) is 18.1 Å². The number of sulfonamides is 1. The van der Waals surface area contributed by atoms with Crippen molar-refractivity contribution in [3.05, 3.63) is 24.0 Å². The summed E-state index contributed by atoms with van der Waals surface area (Å²) in [5.74, 6) is 0.209. The summed E-state index contributed by atoms with van der Waals surface area (Å²) in [6, 6.07) is 4.63. The monoisotopic (exact) mass is 295 g/mol. The predicted molar refractivity (Wildman–Crippen MR) is 72.3 cm³/mol. The molecule has 1 aliphatic rings. The van der Waals surface area contributed by atoms with Crippen LogP contribution in [0.15, 0.2) is 23.2 Å². The van der Waals surface area contributed by atoms with Gasteiger partial charge in [-0.3, -0.25) is 0 Å². The molecule has 1 aromatic heterocycles. The Kier molecular flexibility index (Phi) is 4.70. The highest BCUT2D eigenvalue weighted by Crippen LogP contribution is 2.23. The largest absolute Gasteiger partial charge is 0.378 e. The first-order valence-corrected chi connectivity index (χ1v) is 8.02. The molecule has 1 N–H and O–H groups in total. The average molecular weight is 295 g/mol. The van der Waals surface area contributed by atoms with Crippen LogP contribution in [0.4, 0.5) is 0 Å². The van der Waals surface area contributed by atoms with Crippen molar-refractivity contribution in [1.29, 1.82) is 5.26 Å². The molecule has 2 heterocycles. The zero-order chi connectivity index (χ0) is 14.6. The van der Waals surface area contributed by atoms with Gasteiger partial charge in [0.1, 0.15) is 16.7 Å². The zero-order valence-electron chi connectivity index (χ0n) is 11.2. The highest BCUT2D eigenvalue weighted by Gasteiger charge is 2.28. The van der Waals surface area contributed by atoms with Crippen molar-refractivity contribution in [1.82, 2.24) is 9.71 Å².